The van der Waals surface area contributed by atoms with E-state index >= 15 is 0 Å². The Kier molecular flexibility index (Phi) is 9.39. The molecule has 0 saturated heterocycles. The molecule has 0 bridgehead atoms. The lowest BCUT2D eigenvalue weighted by Crippen LogP contribution is -2.19. The van der Waals surface area contributed by atoms with Crippen LogP contribution in [-0.2, 0) is 9.84 Å². The Labute approximate surface area is 204 Å². The summed E-state index contributed by atoms with van der Waals surface area (Å²) in [6, 6.07) is 0. The van der Waals surface area contributed by atoms with Gasteiger partial charge in [0.15, 0.2) is 9.84 Å². The first-order chi connectivity index (χ1) is 15.2. The fourth-order valence-corrected chi connectivity index (χ4v) is 6.34. The van der Waals surface area contributed by atoms with E-state index in [0.29, 0.717) is 0 Å². The zero-order valence-electron chi connectivity index (χ0n) is 22.3. The van der Waals surface area contributed by atoms with Crippen molar-refractivity contribution in [1.29, 1.82) is 0 Å². The van der Waals surface area contributed by atoms with Crippen molar-refractivity contribution >= 4 is 9.84 Å². The van der Waals surface area contributed by atoms with Gasteiger partial charge in [0.2, 0.25) is 0 Å². The number of allylic oxidation sites excluding steroid dienone is 10. The molecule has 184 valence electrons. The molecular weight excluding hydrogens is 424 g/mol. The average molecular weight is 471 g/mol. The Hall–Kier alpha value is -1.61. The van der Waals surface area contributed by atoms with Crippen LogP contribution in [0.15, 0.2) is 69.9 Å². The monoisotopic (exact) mass is 470 g/mol. The van der Waals surface area contributed by atoms with Crippen LogP contribution >= 0.6 is 0 Å². The standard InChI is InChI=1S/C30H46O2S/c1-23(13-15-27-25(3)11-9-19-29(27,5)6)17-21-33(31,32)22-18-24(2)14-16-28-26(4)12-10-20-30(28,7)8/h13-18H,9-12,19-22H2,1-8H3. The van der Waals surface area contributed by atoms with Gasteiger partial charge in [0.25, 0.3) is 0 Å². The maximum Gasteiger partial charge on any atom is 0.157 e. The van der Waals surface area contributed by atoms with E-state index in [2.05, 4.69) is 65.8 Å². The van der Waals surface area contributed by atoms with Crippen LogP contribution in [0.4, 0.5) is 0 Å². The number of sulfone groups is 1. The molecule has 0 aromatic rings. The first-order valence-corrected chi connectivity index (χ1v) is 14.4. The minimum Gasteiger partial charge on any atom is -0.228 e. The third kappa shape index (κ3) is 8.28. The molecule has 0 N–H and O–H groups in total. The molecule has 2 aliphatic rings. The lowest BCUT2D eigenvalue weighted by Gasteiger charge is -2.32. The van der Waals surface area contributed by atoms with Gasteiger partial charge in [-0.2, -0.15) is 0 Å². The van der Waals surface area contributed by atoms with E-state index in [4.69, 9.17) is 0 Å². The van der Waals surface area contributed by atoms with Crippen molar-refractivity contribution in [2.75, 3.05) is 11.5 Å². The van der Waals surface area contributed by atoms with Crippen LogP contribution in [0.25, 0.3) is 0 Å². The van der Waals surface area contributed by atoms with Gasteiger partial charge in [-0.15, -0.1) is 0 Å². The fraction of sp³-hybridized carbons (Fsp3) is 0.600. The topological polar surface area (TPSA) is 34.1 Å². The molecule has 0 atom stereocenters. The van der Waals surface area contributed by atoms with E-state index in [1.54, 1.807) is 0 Å². The highest BCUT2D eigenvalue weighted by molar-refractivity contribution is 7.91. The number of hydrogen-bond acceptors (Lipinski definition) is 2. The Morgan fingerprint density at radius 3 is 1.45 bits per heavy atom. The summed E-state index contributed by atoms with van der Waals surface area (Å²) in [5.41, 5.74) is 8.12. The molecule has 2 rings (SSSR count). The molecule has 0 spiro atoms. The highest BCUT2D eigenvalue weighted by atomic mass is 32.2. The Bertz CT molecular complexity index is 930. The van der Waals surface area contributed by atoms with Crippen molar-refractivity contribution in [2.24, 2.45) is 10.8 Å². The third-order valence-electron chi connectivity index (χ3n) is 7.43. The van der Waals surface area contributed by atoms with E-state index in [1.807, 2.05) is 26.0 Å². The van der Waals surface area contributed by atoms with Crippen molar-refractivity contribution in [3.05, 3.63) is 69.9 Å². The van der Waals surface area contributed by atoms with Crippen molar-refractivity contribution < 1.29 is 8.42 Å². The molecule has 0 unspecified atom stereocenters. The second kappa shape index (κ2) is 11.2. The van der Waals surface area contributed by atoms with Crippen LogP contribution in [-0.4, -0.2) is 19.9 Å². The second-order valence-corrected chi connectivity index (χ2v) is 13.7. The van der Waals surface area contributed by atoms with E-state index < -0.39 is 9.84 Å². The molecule has 2 aliphatic carbocycles. The van der Waals surface area contributed by atoms with Gasteiger partial charge in [-0.3, -0.25) is 0 Å². The maximum atomic E-state index is 12.6. The summed E-state index contributed by atoms with van der Waals surface area (Å²) in [6.45, 7) is 17.6. The molecular formula is C30H46O2S. The van der Waals surface area contributed by atoms with Gasteiger partial charge >= 0.3 is 0 Å². The minimum absolute atomic E-state index is 0.0788. The van der Waals surface area contributed by atoms with Crippen molar-refractivity contribution in [1.82, 2.24) is 0 Å². The molecule has 0 heterocycles. The summed E-state index contributed by atoms with van der Waals surface area (Å²) in [5, 5.41) is 0. The molecule has 33 heavy (non-hydrogen) atoms. The molecule has 0 aliphatic heterocycles. The average Bonchev–Trinajstić information content (AvgIpc) is 2.69. The molecule has 0 aromatic carbocycles. The van der Waals surface area contributed by atoms with E-state index in [9.17, 15) is 8.42 Å². The summed E-state index contributed by atoms with van der Waals surface area (Å²) in [5.74, 6) is 0.158. The second-order valence-electron chi connectivity index (χ2n) is 11.5. The third-order valence-corrected chi connectivity index (χ3v) is 8.78. The summed E-state index contributed by atoms with van der Waals surface area (Å²) >= 11 is 0. The molecule has 0 fully saturated rings. The summed E-state index contributed by atoms with van der Waals surface area (Å²) < 4.78 is 25.2. The van der Waals surface area contributed by atoms with Crippen molar-refractivity contribution in [3.8, 4) is 0 Å². The quantitative estimate of drug-likeness (QED) is 0.333. The van der Waals surface area contributed by atoms with Crippen LogP contribution in [0.3, 0.4) is 0 Å². The number of rotatable bonds is 8. The Morgan fingerprint density at radius 2 is 1.12 bits per heavy atom. The lowest BCUT2D eigenvalue weighted by atomic mass is 9.72. The normalized spacial score (nSPS) is 22.7. The summed E-state index contributed by atoms with van der Waals surface area (Å²) in [4.78, 5) is 0. The van der Waals surface area contributed by atoms with E-state index in [0.717, 1.165) is 24.0 Å². The largest absolute Gasteiger partial charge is 0.228 e. The van der Waals surface area contributed by atoms with Gasteiger partial charge in [0.1, 0.15) is 0 Å². The zero-order valence-corrected chi connectivity index (χ0v) is 23.2. The smallest absolute Gasteiger partial charge is 0.157 e. The van der Waals surface area contributed by atoms with Gasteiger partial charge in [0.05, 0.1) is 11.5 Å². The summed E-state index contributed by atoms with van der Waals surface area (Å²) in [7, 11) is -3.17. The van der Waals surface area contributed by atoms with Gasteiger partial charge in [0, 0.05) is 0 Å². The van der Waals surface area contributed by atoms with E-state index in [1.165, 1.54) is 48.0 Å². The van der Waals surface area contributed by atoms with Crippen LogP contribution in [0, 0.1) is 10.8 Å². The predicted molar refractivity (Wildman–Crippen MR) is 145 cm³/mol. The zero-order chi connectivity index (χ0) is 24.9. The Morgan fingerprint density at radius 1 is 0.758 bits per heavy atom. The first kappa shape index (κ1) is 27.6. The van der Waals surface area contributed by atoms with Crippen LogP contribution < -0.4 is 0 Å². The predicted octanol–water partition coefficient (Wildman–Crippen LogP) is 8.46. The molecule has 0 amide bonds. The van der Waals surface area contributed by atoms with Crippen molar-refractivity contribution in [3.63, 3.8) is 0 Å². The number of hydrogen-bond donors (Lipinski definition) is 0. The lowest BCUT2D eigenvalue weighted by molar-refractivity contribution is 0.376. The fourth-order valence-electron chi connectivity index (χ4n) is 5.17. The van der Waals surface area contributed by atoms with Crippen molar-refractivity contribution in [2.45, 2.75) is 93.9 Å². The molecule has 2 nitrogen and oxygen atoms in total. The van der Waals surface area contributed by atoms with Crippen LogP contribution in [0.1, 0.15) is 93.9 Å². The van der Waals surface area contributed by atoms with Gasteiger partial charge in [-0.1, -0.05) is 86.4 Å². The highest BCUT2D eigenvalue weighted by Crippen LogP contribution is 2.41. The van der Waals surface area contributed by atoms with Gasteiger partial charge < -0.3 is 0 Å². The van der Waals surface area contributed by atoms with Gasteiger partial charge in [-0.25, -0.2) is 8.42 Å². The molecule has 0 radical (unpaired) electrons. The minimum atomic E-state index is -3.17. The summed E-state index contributed by atoms with van der Waals surface area (Å²) in [6.07, 6.45) is 19.5. The Balaban J connectivity index is 2.00. The molecule has 3 heteroatoms. The SMILES string of the molecule is CC(C=CC1=C(C)CCCC1(C)C)=CCS(=O)(=O)CC=C(C)C=CC1=C(C)CCCC1(C)C. The highest BCUT2D eigenvalue weighted by Gasteiger charge is 2.27. The van der Waals surface area contributed by atoms with E-state index in [-0.39, 0.29) is 22.3 Å². The van der Waals surface area contributed by atoms with Gasteiger partial charge in [-0.05, 0) is 88.2 Å². The van der Waals surface area contributed by atoms with Crippen LogP contribution in [0.5, 0.6) is 0 Å². The molecule has 0 saturated carbocycles. The molecule has 0 aromatic heterocycles. The first-order valence-electron chi connectivity index (χ1n) is 12.5. The van der Waals surface area contributed by atoms with Crippen LogP contribution in [0.2, 0.25) is 0 Å². The maximum absolute atomic E-state index is 12.6.